The number of hydrogen-bond donors (Lipinski definition) is 0. The minimum Gasteiger partial charge on any atom is -0.285 e. The first kappa shape index (κ1) is 11.3. The minimum absolute atomic E-state index is 0.882. The van der Waals surface area contributed by atoms with Crippen LogP contribution in [-0.2, 0) is 0 Å². The summed E-state index contributed by atoms with van der Waals surface area (Å²) in [5.41, 5.74) is 3.13. The fourth-order valence-electron chi connectivity index (χ4n) is 1.56. The Morgan fingerprint density at radius 3 is 2.18 bits per heavy atom. The molecule has 0 fully saturated rings. The summed E-state index contributed by atoms with van der Waals surface area (Å²) >= 11 is 0. The lowest BCUT2D eigenvalue weighted by Crippen LogP contribution is -1.98. The highest BCUT2D eigenvalue weighted by molar-refractivity contribution is 5.75. The number of hydrogen-bond acceptors (Lipinski definition) is 2. The molecule has 2 aromatic rings. The van der Waals surface area contributed by atoms with Crippen LogP contribution in [0.3, 0.4) is 0 Å². The molecule has 0 bridgehead atoms. The average Bonchev–Trinajstić information content (AvgIpc) is 2.38. The van der Waals surface area contributed by atoms with Crippen LogP contribution in [0.4, 0.5) is 5.69 Å². The van der Waals surface area contributed by atoms with Crippen molar-refractivity contribution in [2.45, 2.75) is 0 Å². The van der Waals surface area contributed by atoms with Crippen molar-refractivity contribution in [2.24, 2.45) is 10.3 Å². The Balaban J connectivity index is 2.41. The van der Waals surface area contributed by atoms with Crippen LogP contribution in [0.25, 0.3) is 11.1 Å². The van der Waals surface area contributed by atoms with E-state index in [9.17, 15) is 0 Å². The molecule has 3 nitrogen and oxygen atoms in total. The van der Waals surface area contributed by atoms with E-state index in [0.717, 1.165) is 16.8 Å². The molecule has 2 rings (SSSR count). The van der Waals surface area contributed by atoms with Crippen LogP contribution in [-0.4, -0.2) is 19.1 Å². The monoisotopic (exact) mass is 225 g/mol. The van der Waals surface area contributed by atoms with Crippen molar-refractivity contribution in [2.75, 3.05) is 14.1 Å². The van der Waals surface area contributed by atoms with Gasteiger partial charge in [-0.15, -0.1) is 5.11 Å². The average molecular weight is 225 g/mol. The van der Waals surface area contributed by atoms with Gasteiger partial charge in [0.25, 0.3) is 0 Å². The second-order valence-corrected chi connectivity index (χ2v) is 3.92. The van der Waals surface area contributed by atoms with Crippen LogP contribution >= 0.6 is 0 Å². The van der Waals surface area contributed by atoms with Crippen molar-refractivity contribution in [1.29, 1.82) is 0 Å². The molecule has 3 heteroatoms. The summed E-state index contributed by atoms with van der Waals surface area (Å²) in [6.07, 6.45) is 0. The zero-order chi connectivity index (χ0) is 12.1. The summed E-state index contributed by atoms with van der Waals surface area (Å²) in [6, 6.07) is 18.2. The van der Waals surface area contributed by atoms with Crippen LogP contribution < -0.4 is 0 Å². The summed E-state index contributed by atoms with van der Waals surface area (Å²) in [5, 5.41) is 9.95. The molecule has 0 radical (unpaired) electrons. The Morgan fingerprint density at radius 2 is 1.47 bits per heavy atom. The molecular weight excluding hydrogens is 210 g/mol. The highest BCUT2D eigenvalue weighted by Crippen LogP contribution is 2.29. The predicted molar refractivity (Wildman–Crippen MR) is 70.1 cm³/mol. The van der Waals surface area contributed by atoms with E-state index in [1.54, 1.807) is 5.01 Å². The molecule has 0 aliphatic rings. The molecule has 0 aliphatic carbocycles. The molecular formula is C14H15N3. The minimum atomic E-state index is 0.882. The van der Waals surface area contributed by atoms with Crippen LogP contribution in [0.15, 0.2) is 64.9 Å². The fraction of sp³-hybridized carbons (Fsp3) is 0.143. The van der Waals surface area contributed by atoms with Crippen molar-refractivity contribution in [1.82, 2.24) is 5.01 Å². The molecule has 0 aliphatic heterocycles. The van der Waals surface area contributed by atoms with Crippen molar-refractivity contribution >= 4 is 5.69 Å². The summed E-state index contributed by atoms with van der Waals surface area (Å²) < 4.78 is 0. The van der Waals surface area contributed by atoms with Gasteiger partial charge in [0.1, 0.15) is 0 Å². The largest absolute Gasteiger partial charge is 0.285 e. The zero-order valence-corrected chi connectivity index (χ0v) is 10.0. The Morgan fingerprint density at radius 1 is 0.824 bits per heavy atom. The van der Waals surface area contributed by atoms with Gasteiger partial charge in [0.2, 0.25) is 0 Å². The van der Waals surface area contributed by atoms with E-state index in [2.05, 4.69) is 28.5 Å². The van der Waals surface area contributed by atoms with E-state index in [1.807, 2.05) is 50.5 Å². The van der Waals surface area contributed by atoms with E-state index < -0.39 is 0 Å². The zero-order valence-electron chi connectivity index (χ0n) is 10.0. The van der Waals surface area contributed by atoms with Gasteiger partial charge in [-0.25, -0.2) is 0 Å². The van der Waals surface area contributed by atoms with Gasteiger partial charge in [-0.3, -0.25) is 5.01 Å². The van der Waals surface area contributed by atoms with E-state index in [4.69, 9.17) is 0 Å². The van der Waals surface area contributed by atoms with Crippen LogP contribution in [0, 0.1) is 0 Å². The van der Waals surface area contributed by atoms with Gasteiger partial charge in [-0.2, -0.15) is 0 Å². The Bertz CT molecular complexity index is 504. The summed E-state index contributed by atoms with van der Waals surface area (Å²) in [5.74, 6) is 0. The lowest BCUT2D eigenvalue weighted by Gasteiger charge is -2.06. The third-order valence-corrected chi connectivity index (χ3v) is 2.32. The first-order valence-corrected chi connectivity index (χ1v) is 5.51. The van der Waals surface area contributed by atoms with Crippen LogP contribution in [0.5, 0.6) is 0 Å². The highest BCUT2D eigenvalue weighted by atomic mass is 15.5. The number of nitrogens with zero attached hydrogens (tertiary/aromatic N) is 3. The lowest BCUT2D eigenvalue weighted by molar-refractivity contribution is 0.408. The first-order chi connectivity index (χ1) is 8.27. The molecule has 2 aromatic carbocycles. The van der Waals surface area contributed by atoms with Crippen molar-refractivity contribution < 1.29 is 0 Å². The molecule has 0 amide bonds. The maximum atomic E-state index is 4.23. The normalized spacial score (nSPS) is 10.7. The molecule has 0 N–H and O–H groups in total. The molecule has 0 atom stereocenters. The smallest absolute Gasteiger partial charge is 0.0952 e. The summed E-state index contributed by atoms with van der Waals surface area (Å²) in [7, 11) is 3.71. The van der Waals surface area contributed by atoms with E-state index in [-0.39, 0.29) is 0 Å². The maximum absolute atomic E-state index is 4.23. The molecule has 0 saturated heterocycles. The van der Waals surface area contributed by atoms with Crippen molar-refractivity contribution in [3.8, 4) is 11.1 Å². The third-order valence-electron chi connectivity index (χ3n) is 2.32. The lowest BCUT2D eigenvalue weighted by atomic mass is 10.0. The topological polar surface area (TPSA) is 28.0 Å². The van der Waals surface area contributed by atoms with E-state index in [1.165, 1.54) is 0 Å². The molecule has 0 spiro atoms. The molecule has 0 saturated carbocycles. The first-order valence-electron chi connectivity index (χ1n) is 5.51. The number of rotatable bonds is 3. The SMILES string of the molecule is CN(C)N=Nc1ccccc1-c1ccccc1. The van der Waals surface area contributed by atoms with Crippen molar-refractivity contribution in [3.63, 3.8) is 0 Å². The molecule has 17 heavy (non-hydrogen) atoms. The second-order valence-electron chi connectivity index (χ2n) is 3.92. The molecule has 0 unspecified atom stereocenters. The molecule has 0 heterocycles. The second kappa shape index (κ2) is 5.25. The maximum Gasteiger partial charge on any atom is 0.0952 e. The fourth-order valence-corrected chi connectivity index (χ4v) is 1.56. The standard InChI is InChI=1S/C14H15N3/c1-17(2)16-15-14-11-7-6-10-13(14)12-8-4-3-5-9-12/h3-11H,1-2H3. The van der Waals surface area contributed by atoms with Gasteiger partial charge in [0, 0.05) is 19.7 Å². The molecule has 86 valence electrons. The van der Waals surface area contributed by atoms with Gasteiger partial charge in [0.15, 0.2) is 0 Å². The van der Waals surface area contributed by atoms with Crippen LogP contribution in [0.1, 0.15) is 0 Å². The third kappa shape index (κ3) is 2.91. The van der Waals surface area contributed by atoms with Gasteiger partial charge < -0.3 is 0 Å². The van der Waals surface area contributed by atoms with Crippen LogP contribution in [0.2, 0.25) is 0 Å². The van der Waals surface area contributed by atoms with Gasteiger partial charge >= 0.3 is 0 Å². The summed E-state index contributed by atoms with van der Waals surface area (Å²) in [4.78, 5) is 0. The van der Waals surface area contributed by atoms with Gasteiger partial charge in [-0.1, -0.05) is 53.8 Å². The van der Waals surface area contributed by atoms with Gasteiger partial charge in [-0.05, 0) is 11.6 Å². The van der Waals surface area contributed by atoms with E-state index >= 15 is 0 Å². The van der Waals surface area contributed by atoms with Crippen molar-refractivity contribution in [3.05, 3.63) is 54.6 Å². The Kier molecular flexibility index (Phi) is 3.50. The van der Waals surface area contributed by atoms with Gasteiger partial charge in [0.05, 0.1) is 5.69 Å². The Labute approximate surface area is 101 Å². The highest BCUT2D eigenvalue weighted by Gasteiger charge is 2.02. The molecule has 0 aromatic heterocycles. The number of benzene rings is 2. The Hall–Kier alpha value is -2.16. The quantitative estimate of drug-likeness (QED) is 0.575. The van der Waals surface area contributed by atoms with E-state index in [0.29, 0.717) is 0 Å². The predicted octanol–water partition coefficient (Wildman–Crippen LogP) is 3.91. The summed E-state index contributed by atoms with van der Waals surface area (Å²) in [6.45, 7) is 0.